The summed E-state index contributed by atoms with van der Waals surface area (Å²) in [5, 5.41) is 3.17. The first kappa shape index (κ1) is 19.4. The van der Waals surface area contributed by atoms with E-state index in [1.807, 2.05) is 0 Å². The smallest absolute Gasteiger partial charge is 0.360 e. The van der Waals surface area contributed by atoms with Gasteiger partial charge in [0.25, 0.3) is 0 Å². The van der Waals surface area contributed by atoms with Gasteiger partial charge in [0.05, 0.1) is 19.6 Å². The molecule has 8 nitrogen and oxygen atoms in total. The van der Waals surface area contributed by atoms with Crippen LogP contribution in [0.1, 0.15) is 54.9 Å². The number of oxazole rings is 1. The maximum atomic E-state index is 12.4. The molecule has 3 heterocycles. The van der Waals surface area contributed by atoms with Gasteiger partial charge in [-0.25, -0.2) is 9.78 Å². The van der Waals surface area contributed by atoms with Gasteiger partial charge in [-0.15, -0.1) is 0 Å². The van der Waals surface area contributed by atoms with Crippen LogP contribution in [0.2, 0.25) is 0 Å². The average molecular weight is 390 g/mol. The van der Waals surface area contributed by atoms with Crippen LogP contribution in [-0.2, 0) is 16.1 Å². The molecule has 1 amide bonds. The fourth-order valence-corrected chi connectivity index (χ4v) is 4.31. The van der Waals surface area contributed by atoms with E-state index in [1.165, 1.54) is 13.4 Å². The Hall–Kier alpha value is -1.93. The molecule has 0 bridgehead atoms. The number of hydrogen-bond donors (Lipinski definition) is 1. The number of nitrogens with zero attached hydrogens (tertiary/aromatic N) is 3. The molecule has 154 valence electrons. The van der Waals surface area contributed by atoms with Crippen molar-refractivity contribution in [2.24, 2.45) is 5.92 Å². The van der Waals surface area contributed by atoms with Crippen LogP contribution in [0.5, 0.6) is 0 Å². The number of piperidine rings is 2. The first-order valence-corrected chi connectivity index (χ1v) is 10.4. The van der Waals surface area contributed by atoms with Crippen LogP contribution in [-0.4, -0.2) is 72.0 Å². The predicted octanol–water partition coefficient (Wildman–Crippen LogP) is 1.42. The molecule has 2 aliphatic heterocycles. The van der Waals surface area contributed by atoms with Gasteiger partial charge in [0, 0.05) is 31.7 Å². The number of hydrogen-bond acceptors (Lipinski definition) is 7. The van der Waals surface area contributed by atoms with Crippen molar-refractivity contribution in [1.29, 1.82) is 0 Å². The summed E-state index contributed by atoms with van der Waals surface area (Å²) in [6, 6.07) is 0.990. The molecule has 1 saturated carbocycles. The molecule has 1 N–H and O–H groups in total. The highest BCUT2D eigenvalue weighted by molar-refractivity contribution is 5.86. The Bertz CT molecular complexity index is 694. The maximum absolute atomic E-state index is 12.4. The molecule has 2 saturated heterocycles. The minimum atomic E-state index is -0.473. The summed E-state index contributed by atoms with van der Waals surface area (Å²) >= 11 is 0. The third-order valence-corrected chi connectivity index (χ3v) is 6.13. The Morgan fingerprint density at radius 3 is 2.71 bits per heavy atom. The number of methoxy groups -OCH3 is 1. The fourth-order valence-electron chi connectivity index (χ4n) is 4.31. The summed E-state index contributed by atoms with van der Waals surface area (Å²) in [7, 11) is 1.34. The zero-order valence-corrected chi connectivity index (χ0v) is 16.6. The van der Waals surface area contributed by atoms with E-state index in [9.17, 15) is 9.59 Å². The quantitative estimate of drug-likeness (QED) is 0.735. The molecule has 3 aliphatic rings. The minimum Gasteiger partial charge on any atom is -0.464 e. The van der Waals surface area contributed by atoms with E-state index in [2.05, 4.69) is 24.8 Å². The molecule has 1 atom stereocenters. The summed E-state index contributed by atoms with van der Waals surface area (Å²) in [5.41, 5.74) is 0.219. The molecule has 1 aromatic heterocycles. The van der Waals surface area contributed by atoms with E-state index in [4.69, 9.17) is 4.42 Å². The number of amides is 1. The third kappa shape index (κ3) is 4.72. The molecule has 8 heteroatoms. The zero-order valence-electron chi connectivity index (χ0n) is 16.6. The summed E-state index contributed by atoms with van der Waals surface area (Å²) in [6.45, 7) is 4.54. The molecule has 4 rings (SSSR count). The fraction of sp³-hybridized carbons (Fsp3) is 0.750. The molecule has 0 aromatic carbocycles. The average Bonchev–Trinajstić information content (AvgIpc) is 3.42. The number of rotatable bonds is 6. The molecule has 28 heavy (non-hydrogen) atoms. The van der Waals surface area contributed by atoms with Crippen molar-refractivity contribution < 1.29 is 18.7 Å². The number of ether oxygens (including phenoxy) is 1. The molecule has 1 aromatic rings. The number of likely N-dealkylation sites (tertiary alicyclic amines) is 2. The monoisotopic (exact) mass is 390 g/mol. The Morgan fingerprint density at radius 2 is 2.00 bits per heavy atom. The standard InChI is InChI=1S/C20H30N4O4/c1-27-20(26)17-13-28-18(22-17)12-23-9-6-16(7-10-23)24-8-2-3-14(11-24)19(25)21-15-4-5-15/h13-16H,2-12H2,1H3,(H,21,25)/t14-/m0/s1. The second-order valence-electron chi connectivity index (χ2n) is 8.24. The largest absolute Gasteiger partial charge is 0.464 e. The highest BCUT2D eigenvalue weighted by Gasteiger charge is 2.34. The van der Waals surface area contributed by atoms with Crippen LogP contribution in [0.15, 0.2) is 10.7 Å². The van der Waals surface area contributed by atoms with Crippen molar-refractivity contribution in [2.45, 2.75) is 57.2 Å². The first-order chi connectivity index (χ1) is 13.6. The molecular formula is C20H30N4O4. The molecule has 1 aliphatic carbocycles. The number of nitrogens with one attached hydrogen (secondary N) is 1. The summed E-state index contributed by atoms with van der Waals surface area (Å²) in [6.07, 6.45) is 7.94. The van der Waals surface area contributed by atoms with Crippen molar-refractivity contribution >= 4 is 11.9 Å². The van der Waals surface area contributed by atoms with Crippen LogP contribution in [0.4, 0.5) is 0 Å². The van der Waals surface area contributed by atoms with Gasteiger partial charge in [-0.1, -0.05) is 0 Å². The summed E-state index contributed by atoms with van der Waals surface area (Å²) < 4.78 is 10.1. The predicted molar refractivity (Wildman–Crippen MR) is 102 cm³/mol. The van der Waals surface area contributed by atoms with Crippen molar-refractivity contribution in [3.05, 3.63) is 17.8 Å². The van der Waals surface area contributed by atoms with Crippen molar-refractivity contribution in [1.82, 2.24) is 20.1 Å². The first-order valence-electron chi connectivity index (χ1n) is 10.4. The van der Waals surface area contributed by atoms with Gasteiger partial charge in [-0.05, 0) is 45.1 Å². The van der Waals surface area contributed by atoms with Gasteiger partial charge in [-0.2, -0.15) is 0 Å². The van der Waals surface area contributed by atoms with Gasteiger partial charge in [0.1, 0.15) is 6.26 Å². The van der Waals surface area contributed by atoms with E-state index in [-0.39, 0.29) is 17.5 Å². The van der Waals surface area contributed by atoms with Crippen LogP contribution in [0.3, 0.4) is 0 Å². The van der Waals surface area contributed by atoms with Gasteiger partial charge in [-0.3, -0.25) is 14.6 Å². The van der Waals surface area contributed by atoms with Gasteiger partial charge < -0.3 is 14.5 Å². The van der Waals surface area contributed by atoms with Crippen molar-refractivity contribution in [3.63, 3.8) is 0 Å². The van der Waals surface area contributed by atoms with Crippen LogP contribution in [0, 0.1) is 5.92 Å². The van der Waals surface area contributed by atoms with Crippen LogP contribution >= 0.6 is 0 Å². The molecule has 0 unspecified atom stereocenters. The number of esters is 1. The molecule has 3 fully saturated rings. The van der Waals surface area contributed by atoms with Gasteiger partial charge >= 0.3 is 5.97 Å². The lowest BCUT2D eigenvalue weighted by atomic mass is 9.93. The highest BCUT2D eigenvalue weighted by atomic mass is 16.5. The maximum Gasteiger partial charge on any atom is 0.360 e. The zero-order chi connectivity index (χ0) is 19.5. The van der Waals surface area contributed by atoms with Gasteiger partial charge in [0.2, 0.25) is 11.8 Å². The van der Waals surface area contributed by atoms with Crippen LogP contribution in [0.25, 0.3) is 0 Å². The molecule has 0 spiro atoms. The minimum absolute atomic E-state index is 0.149. The topological polar surface area (TPSA) is 87.9 Å². The Kier molecular flexibility index (Phi) is 5.96. The lowest BCUT2D eigenvalue weighted by molar-refractivity contribution is -0.127. The van der Waals surface area contributed by atoms with Gasteiger partial charge in [0.15, 0.2) is 5.69 Å². The summed E-state index contributed by atoms with van der Waals surface area (Å²) in [4.78, 5) is 32.9. The van der Waals surface area contributed by atoms with E-state index in [1.54, 1.807) is 0 Å². The van der Waals surface area contributed by atoms with E-state index < -0.39 is 5.97 Å². The summed E-state index contributed by atoms with van der Waals surface area (Å²) in [5.74, 6) is 0.485. The Labute approximate surface area is 165 Å². The Morgan fingerprint density at radius 1 is 1.21 bits per heavy atom. The normalized spacial score (nSPS) is 24.8. The number of carbonyl (C=O) groups excluding carboxylic acids is 2. The van der Waals surface area contributed by atoms with E-state index in [0.717, 1.165) is 64.7 Å². The SMILES string of the molecule is COC(=O)c1coc(CN2CCC(N3CCC[C@H](C(=O)NC4CC4)C3)CC2)n1. The van der Waals surface area contributed by atoms with Crippen LogP contribution < -0.4 is 5.32 Å². The lowest BCUT2D eigenvalue weighted by Gasteiger charge is -2.41. The third-order valence-electron chi connectivity index (χ3n) is 6.13. The number of carbonyl (C=O) groups is 2. The van der Waals surface area contributed by atoms with E-state index >= 15 is 0 Å². The second-order valence-corrected chi connectivity index (χ2v) is 8.24. The van der Waals surface area contributed by atoms with Crippen molar-refractivity contribution in [3.8, 4) is 0 Å². The van der Waals surface area contributed by atoms with Crippen molar-refractivity contribution in [2.75, 3.05) is 33.3 Å². The molecular weight excluding hydrogens is 360 g/mol. The number of aromatic nitrogens is 1. The lowest BCUT2D eigenvalue weighted by Crippen LogP contribution is -2.50. The highest BCUT2D eigenvalue weighted by Crippen LogP contribution is 2.26. The second kappa shape index (κ2) is 8.61. The Balaban J connectivity index is 1.23. The molecule has 0 radical (unpaired) electrons. The van der Waals surface area contributed by atoms with E-state index in [0.29, 0.717) is 24.5 Å².